The second-order valence-corrected chi connectivity index (χ2v) is 10.9. The number of hydrogen-bond donors (Lipinski definition) is 0. The number of rotatable bonds is 25. The van der Waals surface area contributed by atoms with Crippen molar-refractivity contribution in [2.75, 3.05) is 0 Å². The third-order valence-electron chi connectivity index (χ3n) is 7.08. The molecule has 0 atom stereocenters. The molecule has 4 nitrogen and oxygen atoms in total. The highest BCUT2D eigenvalue weighted by atomic mass is 16.4. The third kappa shape index (κ3) is 27.3. The number of carboxylic acids is 1. The van der Waals surface area contributed by atoms with Crippen LogP contribution in [0.5, 0.6) is 0 Å². The normalized spacial score (nSPS) is 10.9. The molecule has 212 valence electrons. The van der Waals surface area contributed by atoms with Gasteiger partial charge in [0, 0.05) is 5.97 Å². The van der Waals surface area contributed by atoms with Crippen LogP contribution in [0.2, 0.25) is 0 Å². The number of carbonyl (C=O) groups excluding carboxylic acids is 1. The Kier molecular flexibility index (Phi) is 27.2. The fraction of sp³-hybridized carbons (Fsp3) is 0.875. The Bertz CT molecular complexity index is 570. The molecule has 0 aromatic carbocycles. The second-order valence-electron chi connectivity index (χ2n) is 10.9. The fourth-order valence-corrected chi connectivity index (χ4v) is 4.70. The van der Waals surface area contributed by atoms with Crippen LogP contribution in [0, 0.1) is 0 Å². The lowest BCUT2D eigenvalue weighted by molar-refractivity contribution is -0.696. The first-order valence-corrected chi connectivity index (χ1v) is 15.8. The van der Waals surface area contributed by atoms with Crippen LogP contribution in [0.3, 0.4) is 0 Å². The van der Waals surface area contributed by atoms with Crippen molar-refractivity contribution in [1.29, 1.82) is 0 Å². The molecule has 0 aliphatic heterocycles. The number of aliphatic carboxylic acids is 1. The van der Waals surface area contributed by atoms with E-state index in [1.165, 1.54) is 141 Å². The van der Waals surface area contributed by atoms with Gasteiger partial charge in [0.25, 0.3) is 0 Å². The average molecular weight is 507 g/mol. The molecular formula is C32H62N2O2. The van der Waals surface area contributed by atoms with Crippen LogP contribution in [0.1, 0.15) is 168 Å². The Morgan fingerprint density at radius 1 is 0.611 bits per heavy atom. The molecule has 0 fully saturated rings. The molecule has 4 heteroatoms. The van der Waals surface area contributed by atoms with Gasteiger partial charge in [0.2, 0.25) is 6.33 Å². The van der Waals surface area contributed by atoms with Gasteiger partial charge in [-0.3, -0.25) is 0 Å². The quantitative estimate of drug-likeness (QED) is 0.0986. The minimum absolute atomic E-state index is 0.234. The monoisotopic (exact) mass is 506 g/mol. The summed E-state index contributed by atoms with van der Waals surface area (Å²) in [5, 5.41) is 10.2. The molecule has 0 aliphatic rings. The molecule has 1 aromatic rings. The van der Waals surface area contributed by atoms with E-state index in [1.54, 1.807) is 0 Å². The van der Waals surface area contributed by atoms with E-state index in [2.05, 4.69) is 48.8 Å². The molecule has 0 N–H and O–H groups in total. The predicted molar refractivity (Wildman–Crippen MR) is 153 cm³/mol. The minimum Gasteiger partial charge on any atom is -0.550 e. The van der Waals surface area contributed by atoms with Gasteiger partial charge in [-0.15, -0.1) is 0 Å². The molecule has 0 amide bonds. The van der Waals surface area contributed by atoms with Gasteiger partial charge in [0.1, 0.15) is 12.4 Å². The van der Waals surface area contributed by atoms with Gasteiger partial charge in [-0.25, -0.2) is 9.13 Å². The van der Waals surface area contributed by atoms with Crippen LogP contribution in [0.15, 0.2) is 18.7 Å². The zero-order valence-electron chi connectivity index (χ0n) is 24.6. The summed E-state index contributed by atoms with van der Waals surface area (Å²) in [6.07, 6.45) is 37.5. The zero-order valence-corrected chi connectivity index (χ0v) is 24.6. The van der Waals surface area contributed by atoms with Gasteiger partial charge >= 0.3 is 0 Å². The number of carbonyl (C=O) groups is 1. The summed E-state index contributed by atoms with van der Waals surface area (Å²) < 4.78 is 4.39. The first-order chi connectivity index (χ1) is 17.6. The largest absolute Gasteiger partial charge is 0.550 e. The predicted octanol–water partition coefficient (Wildman–Crippen LogP) is 8.45. The maximum absolute atomic E-state index is 10.2. The van der Waals surface area contributed by atoms with Crippen molar-refractivity contribution in [2.24, 2.45) is 7.05 Å². The lowest BCUT2D eigenvalue weighted by Gasteiger charge is -2.03. The number of nitrogens with zero attached hydrogens (tertiary/aromatic N) is 2. The summed E-state index contributed by atoms with van der Waals surface area (Å²) in [6.45, 7) is 5.72. The lowest BCUT2D eigenvalue weighted by Crippen LogP contribution is -2.30. The van der Waals surface area contributed by atoms with E-state index in [-0.39, 0.29) is 6.42 Å². The molecule has 0 aliphatic carbocycles. The third-order valence-corrected chi connectivity index (χ3v) is 7.08. The molecule has 0 unspecified atom stereocenters. The Morgan fingerprint density at radius 2 is 0.972 bits per heavy atom. The van der Waals surface area contributed by atoms with Crippen LogP contribution in [-0.4, -0.2) is 10.5 Å². The van der Waals surface area contributed by atoms with Crippen molar-refractivity contribution in [3.63, 3.8) is 0 Å². The number of carboxylic acid groups (broad SMARTS) is 1. The molecule has 0 spiro atoms. The van der Waals surface area contributed by atoms with E-state index in [4.69, 9.17) is 0 Å². The number of aryl methyl sites for hydroxylation is 2. The number of hydrogen-bond acceptors (Lipinski definition) is 2. The van der Waals surface area contributed by atoms with Crippen molar-refractivity contribution < 1.29 is 14.5 Å². The number of unbranched alkanes of at least 4 members (excludes halogenated alkanes) is 21. The smallest absolute Gasteiger partial charge is 0.243 e. The second kappa shape index (κ2) is 28.3. The van der Waals surface area contributed by atoms with E-state index < -0.39 is 5.97 Å². The van der Waals surface area contributed by atoms with Gasteiger partial charge in [-0.2, -0.15) is 0 Å². The van der Waals surface area contributed by atoms with Gasteiger partial charge in [-0.05, 0) is 25.7 Å². The van der Waals surface area contributed by atoms with Gasteiger partial charge in [-0.1, -0.05) is 142 Å². The van der Waals surface area contributed by atoms with Gasteiger partial charge < -0.3 is 9.90 Å². The molecule has 36 heavy (non-hydrogen) atoms. The van der Waals surface area contributed by atoms with Crippen LogP contribution in [-0.2, 0) is 18.4 Å². The Balaban J connectivity index is 0.000000681. The molecule has 0 bridgehead atoms. The Hall–Kier alpha value is -1.32. The first-order valence-electron chi connectivity index (χ1n) is 15.8. The summed E-state index contributed by atoms with van der Waals surface area (Å²) in [4.78, 5) is 10.2. The summed E-state index contributed by atoms with van der Waals surface area (Å²) >= 11 is 0. The van der Waals surface area contributed by atoms with Crippen molar-refractivity contribution in [2.45, 2.75) is 174 Å². The van der Waals surface area contributed by atoms with E-state index in [0.29, 0.717) is 0 Å². The molecular weight excluding hydrogens is 444 g/mol. The fourth-order valence-electron chi connectivity index (χ4n) is 4.70. The van der Waals surface area contributed by atoms with Gasteiger partial charge in [0.15, 0.2) is 0 Å². The SMILES string of the molecule is CCCCCCCCCCCCCCCC(=O)[O-].CCCCCCCCCCCC[n+]1ccn(C)c1. The highest BCUT2D eigenvalue weighted by Crippen LogP contribution is 2.13. The van der Waals surface area contributed by atoms with Crippen molar-refractivity contribution in [3.8, 4) is 0 Å². The minimum atomic E-state index is -0.905. The van der Waals surface area contributed by atoms with Crippen molar-refractivity contribution in [3.05, 3.63) is 18.7 Å². The van der Waals surface area contributed by atoms with Crippen LogP contribution >= 0.6 is 0 Å². The summed E-state index contributed by atoms with van der Waals surface area (Å²) in [6, 6.07) is 0. The van der Waals surface area contributed by atoms with Crippen molar-refractivity contribution >= 4 is 5.97 Å². The summed E-state index contributed by atoms with van der Waals surface area (Å²) in [5.74, 6) is -0.905. The summed E-state index contributed by atoms with van der Waals surface area (Å²) in [5.41, 5.74) is 0. The maximum Gasteiger partial charge on any atom is 0.243 e. The average Bonchev–Trinajstić information content (AvgIpc) is 3.28. The van der Waals surface area contributed by atoms with E-state index in [1.807, 2.05) is 0 Å². The first kappa shape index (κ1) is 34.7. The van der Waals surface area contributed by atoms with Gasteiger partial charge in [0.05, 0.1) is 13.6 Å². The Labute approximate surface area is 225 Å². The van der Waals surface area contributed by atoms with E-state index >= 15 is 0 Å². The van der Waals surface area contributed by atoms with E-state index in [9.17, 15) is 9.90 Å². The number of imidazole rings is 1. The molecule has 1 rings (SSSR count). The van der Waals surface area contributed by atoms with Crippen LogP contribution in [0.4, 0.5) is 0 Å². The lowest BCUT2D eigenvalue weighted by atomic mass is 10.0. The molecule has 0 radical (unpaired) electrons. The highest BCUT2D eigenvalue weighted by molar-refractivity contribution is 5.64. The Morgan fingerprint density at radius 3 is 1.31 bits per heavy atom. The molecule has 0 saturated carbocycles. The molecule has 1 aromatic heterocycles. The highest BCUT2D eigenvalue weighted by Gasteiger charge is 1.99. The summed E-state index contributed by atoms with van der Waals surface area (Å²) in [7, 11) is 2.08. The van der Waals surface area contributed by atoms with E-state index in [0.717, 1.165) is 12.8 Å². The van der Waals surface area contributed by atoms with Crippen molar-refractivity contribution in [1.82, 2.24) is 4.57 Å². The molecule has 1 heterocycles. The molecule has 0 saturated heterocycles. The number of aromatic nitrogens is 2. The standard InChI is InChI=1S/C16H31N2.C16H32O2/c1-3-4-5-6-7-8-9-10-11-12-13-18-15-14-17(2)16-18;1-2-3-4-5-6-7-8-9-10-11-12-13-14-15-16(17)18/h14-16H,3-13H2,1-2H3;2-15H2,1H3,(H,17,18)/q+1;/p-1. The maximum atomic E-state index is 10.2. The van der Waals surface area contributed by atoms with Crippen LogP contribution < -0.4 is 9.67 Å². The topological polar surface area (TPSA) is 48.9 Å². The van der Waals surface area contributed by atoms with Crippen LogP contribution in [0.25, 0.3) is 0 Å². The zero-order chi connectivity index (χ0) is 26.5.